The van der Waals surface area contributed by atoms with Gasteiger partial charge in [-0.15, -0.1) is 0 Å². The number of carbonyl (C=O) groups is 4. The van der Waals surface area contributed by atoms with Crippen molar-refractivity contribution in [3.05, 3.63) is 0 Å². The molecular weight excluding hydrogens is 1150 g/mol. The maximum Gasteiger partial charge on any atom is 0.472 e. The number of ether oxygens (including phenoxy) is 4. The van der Waals surface area contributed by atoms with Gasteiger partial charge in [-0.25, -0.2) is 9.13 Å². The average Bonchev–Trinajstić information content (AvgIpc) is 3.68. The fraction of sp³-hybridized carbons (Fsp3) is 0.941. The van der Waals surface area contributed by atoms with Crippen LogP contribution in [0.1, 0.15) is 331 Å². The van der Waals surface area contributed by atoms with Crippen LogP contribution in [0.2, 0.25) is 0 Å². The number of phosphoric acid groups is 2. The molecule has 0 aliphatic rings. The van der Waals surface area contributed by atoms with Gasteiger partial charge in [-0.3, -0.25) is 37.3 Å². The van der Waals surface area contributed by atoms with E-state index in [9.17, 15) is 43.2 Å². The molecule has 3 N–H and O–H groups in total. The molecule has 0 aromatic carbocycles. The van der Waals surface area contributed by atoms with Gasteiger partial charge in [0.05, 0.1) is 26.4 Å². The van der Waals surface area contributed by atoms with Crippen LogP contribution >= 0.6 is 15.6 Å². The molecule has 0 saturated carbocycles. The predicted molar refractivity (Wildman–Crippen MR) is 349 cm³/mol. The Hall–Kier alpha value is -1.94. The molecule has 87 heavy (non-hydrogen) atoms. The number of carbonyl (C=O) groups excluding carboxylic acids is 4. The van der Waals surface area contributed by atoms with Gasteiger partial charge in [0, 0.05) is 25.7 Å². The molecule has 0 fully saturated rings. The van der Waals surface area contributed by atoms with E-state index in [0.29, 0.717) is 37.5 Å². The van der Waals surface area contributed by atoms with Gasteiger partial charge >= 0.3 is 39.5 Å². The molecule has 0 rings (SSSR count). The zero-order valence-electron chi connectivity index (χ0n) is 56.6. The lowest BCUT2D eigenvalue weighted by atomic mass is 10.0. The number of hydrogen-bond donors (Lipinski definition) is 3. The fourth-order valence-electron chi connectivity index (χ4n) is 10.1. The van der Waals surface area contributed by atoms with Crippen LogP contribution in [0.3, 0.4) is 0 Å². The predicted octanol–water partition coefficient (Wildman–Crippen LogP) is 18.9. The summed E-state index contributed by atoms with van der Waals surface area (Å²) in [5, 5.41) is 10.6. The Morgan fingerprint density at radius 3 is 0.713 bits per heavy atom. The van der Waals surface area contributed by atoms with Gasteiger partial charge in [-0.05, 0) is 49.4 Å². The molecule has 0 amide bonds. The van der Waals surface area contributed by atoms with Crippen LogP contribution in [0.15, 0.2) is 0 Å². The Kier molecular flexibility index (Phi) is 56.6. The topological polar surface area (TPSA) is 237 Å². The van der Waals surface area contributed by atoms with Crippen LogP contribution in [-0.2, 0) is 65.4 Å². The third-order valence-electron chi connectivity index (χ3n) is 15.6. The maximum atomic E-state index is 13.0. The highest BCUT2D eigenvalue weighted by molar-refractivity contribution is 7.47. The van der Waals surface area contributed by atoms with Crippen molar-refractivity contribution in [3.63, 3.8) is 0 Å². The fourth-order valence-corrected chi connectivity index (χ4v) is 11.7. The second-order valence-electron chi connectivity index (χ2n) is 26.5. The van der Waals surface area contributed by atoms with Crippen molar-refractivity contribution < 1.29 is 80.2 Å². The molecule has 0 aromatic rings. The van der Waals surface area contributed by atoms with Crippen LogP contribution in [0.25, 0.3) is 0 Å². The molecule has 2 unspecified atom stereocenters. The summed E-state index contributed by atoms with van der Waals surface area (Å²) in [4.78, 5) is 72.4. The van der Waals surface area contributed by atoms with Crippen LogP contribution < -0.4 is 0 Å². The molecule has 0 spiro atoms. The first-order valence-corrected chi connectivity index (χ1v) is 38.2. The summed E-state index contributed by atoms with van der Waals surface area (Å²) in [7, 11) is -9.90. The molecule has 19 heteroatoms. The van der Waals surface area contributed by atoms with Crippen molar-refractivity contribution >= 4 is 39.5 Å². The van der Waals surface area contributed by atoms with Gasteiger partial charge in [0.15, 0.2) is 12.2 Å². The smallest absolute Gasteiger partial charge is 0.462 e. The van der Waals surface area contributed by atoms with Gasteiger partial charge < -0.3 is 33.8 Å². The summed E-state index contributed by atoms with van der Waals surface area (Å²) >= 11 is 0. The molecular formula is C68H132O17P2. The summed E-state index contributed by atoms with van der Waals surface area (Å²) in [6, 6.07) is 0. The van der Waals surface area contributed by atoms with E-state index < -0.39 is 97.5 Å². The highest BCUT2D eigenvalue weighted by atomic mass is 31.2. The number of esters is 4. The van der Waals surface area contributed by atoms with Crippen molar-refractivity contribution in [2.75, 3.05) is 39.6 Å². The van der Waals surface area contributed by atoms with Crippen LogP contribution in [0.4, 0.5) is 0 Å². The molecule has 0 saturated heterocycles. The summed E-state index contributed by atoms with van der Waals surface area (Å²) in [6.45, 7) is 14.0. The number of aliphatic hydroxyl groups excluding tert-OH is 1. The molecule has 516 valence electrons. The van der Waals surface area contributed by atoms with Crippen LogP contribution in [0.5, 0.6) is 0 Å². The lowest BCUT2D eigenvalue weighted by molar-refractivity contribution is -0.161. The SMILES string of the molecule is CC(C)CCCCCCCCCCCCCCCC(=O)OC[C@H](COP(=O)(O)OC[C@@H](O)COP(=O)(O)OC[C@@H](COC(=O)CCCCCCCCC(C)C)OC(=O)CCCCCCCCCCCC(C)C)OC(=O)CCCCCCCCCC(C)C. The number of hydrogen-bond acceptors (Lipinski definition) is 15. The first kappa shape index (κ1) is 85.1. The zero-order valence-corrected chi connectivity index (χ0v) is 58.4. The summed E-state index contributed by atoms with van der Waals surface area (Å²) < 4.78 is 68.1. The highest BCUT2D eigenvalue weighted by Gasteiger charge is 2.30. The Bertz CT molecular complexity index is 1730. The van der Waals surface area contributed by atoms with E-state index in [-0.39, 0.29) is 25.7 Å². The Balaban J connectivity index is 5.21. The Morgan fingerprint density at radius 2 is 0.483 bits per heavy atom. The molecule has 0 aliphatic heterocycles. The van der Waals surface area contributed by atoms with E-state index in [1.807, 2.05) is 0 Å². The third-order valence-corrected chi connectivity index (χ3v) is 17.5. The molecule has 0 aliphatic carbocycles. The minimum atomic E-state index is -4.95. The standard InChI is InChI=1S/C68H132O17P2/c1-58(2)44-36-28-20-15-12-10-9-11-13-17-23-32-40-48-65(70)78-54-63(85-68(73)51-43-35-25-19-22-30-38-46-60(5)6)56-82-86(74,75)80-52-62(69)53-81-87(76,77)83-57-64(55-79-66(71)49-41-33-27-26-31-39-47-61(7)8)84-67(72)50-42-34-24-18-14-16-21-29-37-45-59(3)4/h58-64,69H,9-57H2,1-8H3,(H,74,75)(H,76,77)/t62-,63-,64-/m1/s1. The number of aliphatic hydroxyl groups is 1. The van der Waals surface area contributed by atoms with E-state index in [1.54, 1.807) is 0 Å². The maximum absolute atomic E-state index is 13.0. The first-order valence-electron chi connectivity index (χ1n) is 35.2. The van der Waals surface area contributed by atoms with Crippen molar-refractivity contribution in [2.24, 2.45) is 23.7 Å². The van der Waals surface area contributed by atoms with Gasteiger partial charge in [-0.2, -0.15) is 0 Å². The van der Waals surface area contributed by atoms with Gasteiger partial charge in [0.1, 0.15) is 19.3 Å². The van der Waals surface area contributed by atoms with Gasteiger partial charge in [0.2, 0.25) is 0 Å². The summed E-state index contributed by atoms with van der Waals surface area (Å²) in [5.41, 5.74) is 0. The van der Waals surface area contributed by atoms with Crippen LogP contribution in [0, 0.1) is 23.7 Å². The third kappa shape index (κ3) is 62.6. The molecule has 5 atom stereocenters. The van der Waals surface area contributed by atoms with E-state index in [4.69, 9.17) is 37.0 Å². The minimum absolute atomic E-state index is 0.103. The Morgan fingerprint density at radius 1 is 0.287 bits per heavy atom. The molecule has 0 bridgehead atoms. The van der Waals surface area contributed by atoms with Crippen LogP contribution in [-0.4, -0.2) is 96.7 Å². The van der Waals surface area contributed by atoms with E-state index >= 15 is 0 Å². The quantitative estimate of drug-likeness (QED) is 0.0222. The number of rotatable bonds is 65. The Labute approximate surface area is 530 Å². The van der Waals surface area contributed by atoms with Crippen molar-refractivity contribution in [3.8, 4) is 0 Å². The monoisotopic (exact) mass is 1280 g/mol. The molecule has 17 nitrogen and oxygen atoms in total. The normalized spacial score (nSPS) is 14.3. The first-order chi connectivity index (χ1) is 41.6. The lowest BCUT2D eigenvalue weighted by Gasteiger charge is -2.21. The van der Waals surface area contributed by atoms with Crippen molar-refractivity contribution in [1.82, 2.24) is 0 Å². The lowest BCUT2D eigenvalue weighted by Crippen LogP contribution is -2.30. The second-order valence-corrected chi connectivity index (χ2v) is 29.4. The number of unbranched alkanes of at least 4 members (excludes halogenated alkanes) is 31. The summed E-state index contributed by atoms with van der Waals surface area (Å²) in [6.07, 6.45) is 39.2. The van der Waals surface area contributed by atoms with Gasteiger partial charge in [-0.1, -0.05) is 280 Å². The largest absolute Gasteiger partial charge is 0.472 e. The second kappa shape index (κ2) is 57.9. The van der Waals surface area contributed by atoms with Crippen molar-refractivity contribution in [1.29, 1.82) is 0 Å². The zero-order chi connectivity index (χ0) is 64.7. The molecule has 0 heterocycles. The van der Waals surface area contributed by atoms with E-state index in [2.05, 4.69) is 55.4 Å². The van der Waals surface area contributed by atoms with E-state index in [0.717, 1.165) is 108 Å². The van der Waals surface area contributed by atoms with Gasteiger partial charge in [0.25, 0.3) is 0 Å². The minimum Gasteiger partial charge on any atom is -0.462 e. The van der Waals surface area contributed by atoms with E-state index in [1.165, 1.54) is 128 Å². The summed E-state index contributed by atoms with van der Waals surface area (Å²) in [5.74, 6) is 0.766. The van der Waals surface area contributed by atoms with Crippen molar-refractivity contribution in [2.45, 2.75) is 350 Å². The highest BCUT2D eigenvalue weighted by Crippen LogP contribution is 2.45. The molecule has 0 radical (unpaired) electrons. The number of phosphoric ester groups is 2. The molecule has 0 aromatic heterocycles. The average molecular weight is 1280 g/mol.